The first-order valence-electron chi connectivity index (χ1n) is 9.08. The van der Waals surface area contributed by atoms with Crippen LogP contribution >= 0.6 is 11.8 Å². The summed E-state index contributed by atoms with van der Waals surface area (Å²) in [5.74, 6) is -0.878. The Labute approximate surface area is 175 Å². The van der Waals surface area contributed by atoms with E-state index in [1.807, 2.05) is 30.3 Å². The third-order valence-corrected chi connectivity index (χ3v) is 5.40. The minimum Gasteiger partial charge on any atom is -0.381 e. The van der Waals surface area contributed by atoms with Gasteiger partial charge in [0.25, 0.3) is 0 Å². The summed E-state index contributed by atoms with van der Waals surface area (Å²) in [7, 11) is 0. The van der Waals surface area contributed by atoms with Gasteiger partial charge in [-0.2, -0.15) is 5.10 Å². The van der Waals surface area contributed by atoms with Gasteiger partial charge in [0.1, 0.15) is 36.2 Å². The molecule has 4 aromatic rings. The molecule has 154 valence electrons. The molecule has 0 bridgehead atoms. The molecule has 0 amide bonds. The van der Waals surface area contributed by atoms with Crippen LogP contribution in [0.1, 0.15) is 11.1 Å². The Morgan fingerprint density at radius 2 is 1.80 bits per heavy atom. The molecule has 0 aliphatic carbocycles. The van der Waals surface area contributed by atoms with E-state index >= 15 is 0 Å². The second-order valence-corrected chi connectivity index (χ2v) is 7.69. The Kier molecular flexibility index (Phi) is 5.86. The van der Waals surface area contributed by atoms with Gasteiger partial charge in [-0.3, -0.25) is 0 Å². The summed E-state index contributed by atoms with van der Waals surface area (Å²) in [6, 6.07) is 13.0. The summed E-state index contributed by atoms with van der Waals surface area (Å²) < 4.78 is 30.7. The minimum atomic E-state index is -1.75. The van der Waals surface area contributed by atoms with Gasteiger partial charge in [-0.25, -0.2) is 28.1 Å². The Morgan fingerprint density at radius 1 is 1.00 bits per heavy atom. The second kappa shape index (κ2) is 8.72. The van der Waals surface area contributed by atoms with Gasteiger partial charge in [-0.15, -0.1) is 5.10 Å². The van der Waals surface area contributed by atoms with Crippen molar-refractivity contribution >= 4 is 11.8 Å². The topological polar surface area (TPSA) is 81.6 Å². The van der Waals surface area contributed by atoms with Crippen LogP contribution in [0.2, 0.25) is 0 Å². The molecule has 0 aliphatic heterocycles. The van der Waals surface area contributed by atoms with Gasteiger partial charge in [0.05, 0.1) is 13.1 Å². The monoisotopic (exact) mass is 428 g/mol. The maximum absolute atomic E-state index is 14.5. The van der Waals surface area contributed by atoms with Crippen LogP contribution in [0.5, 0.6) is 0 Å². The van der Waals surface area contributed by atoms with Crippen molar-refractivity contribution in [2.75, 3.05) is 0 Å². The number of halogens is 2. The molecule has 2 aromatic heterocycles. The minimum absolute atomic E-state index is 0.0617. The van der Waals surface area contributed by atoms with Gasteiger partial charge in [-0.05, 0) is 11.6 Å². The third kappa shape index (κ3) is 4.71. The summed E-state index contributed by atoms with van der Waals surface area (Å²) in [6.07, 6.45) is 4.20. The molecule has 2 aromatic carbocycles. The van der Waals surface area contributed by atoms with E-state index in [0.717, 1.165) is 17.7 Å². The fraction of sp³-hybridized carbons (Fsp3) is 0.200. The van der Waals surface area contributed by atoms with E-state index in [1.54, 1.807) is 0 Å². The first-order chi connectivity index (χ1) is 14.5. The summed E-state index contributed by atoms with van der Waals surface area (Å²) in [6.45, 7) is -0.198. The average molecular weight is 428 g/mol. The van der Waals surface area contributed by atoms with E-state index in [4.69, 9.17) is 0 Å². The lowest BCUT2D eigenvalue weighted by Crippen LogP contribution is -2.37. The quantitative estimate of drug-likeness (QED) is 0.435. The summed E-state index contributed by atoms with van der Waals surface area (Å²) in [4.78, 5) is 8.11. The van der Waals surface area contributed by atoms with Gasteiger partial charge in [0.2, 0.25) is 5.16 Å². The van der Waals surface area contributed by atoms with Crippen molar-refractivity contribution in [1.29, 1.82) is 0 Å². The molecule has 1 atom stereocenters. The Balaban J connectivity index is 1.55. The van der Waals surface area contributed by atoms with Gasteiger partial charge in [-0.1, -0.05) is 48.2 Å². The SMILES string of the molecule is OC(Cn1cncn1)(Cn1cnc(SCc2ccccc2)n1)c1ccc(F)cc1F. The molecule has 4 rings (SSSR count). The summed E-state index contributed by atoms with van der Waals surface area (Å²) in [5, 5.41) is 20.2. The molecule has 1 N–H and O–H groups in total. The molecule has 2 heterocycles. The number of hydrogen-bond acceptors (Lipinski definition) is 6. The number of hydrogen-bond donors (Lipinski definition) is 1. The molecule has 0 saturated carbocycles. The highest BCUT2D eigenvalue weighted by atomic mass is 32.2. The largest absolute Gasteiger partial charge is 0.381 e. The van der Waals surface area contributed by atoms with Crippen LogP contribution in [0.3, 0.4) is 0 Å². The molecule has 0 aliphatic rings. The standard InChI is InChI=1S/C20H18F2N6OS/c21-16-6-7-17(18(22)8-16)20(29,10-27-13-23-12-25-27)11-28-14-24-19(26-28)30-9-15-4-2-1-3-5-15/h1-8,12-14,29H,9-11H2. The zero-order valence-corrected chi connectivity index (χ0v) is 16.6. The van der Waals surface area contributed by atoms with Crippen molar-refractivity contribution in [3.8, 4) is 0 Å². The molecule has 30 heavy (non-hydrogen) atoms. The van der Waals surface area contributed by atoms with Gasteiger partial charge < -0.3 is 5.11 Å². The van der Waals surface area contributed by atoms with Crippen LogP contribution in [-0.4, -0.2) is 34.6 Å². The van der Waals surface area contributed by atoms with Crippen molar-refractivity contribution in [3.05, 3.63) is 90.3 Å². The molecule has 7 nitrogen and oxygen atoms in total. The second-order valence-electron chi connectivity index (χ2n) is 6.75. The number of nitrogens with zero attached hydrogens (tertiary/aromatic N) is 6. The first kappa shape index (κ1) is 20.2. The smallest absolute Gasteiger partial charge is 0.208 e. The highest BCUT2D eigenvalue weighted by molar-refractivity contribution is 7.98. The van der Waals surface area contributed by atoms with Crippen LogP contribution in [0.25, 0.3) is 0 Å². The summed E-state index contributed by atoms with van der Waals surface area (Å²) >= 11 is 1.45. The Bertz CT molecular complexity index is 1110. The summed E-state index contributed by atoms with van der Waals surface area (Å²) in [5.41, 5.74) is -0.677. The lowest BCUT2D eigenvalue weighted by molar-refractivity contribution is -0.00878. The average Bonchev–Trinajstić information content (AvgIpc) is 3.39. The molecule has 0 spiro atoms. The van der Waals surface area contributed by atoms with E-state index < -0.39 is 17.2 Å². The van der Waals surface area contributed by atoms with Gasteiger partial charge in [0, 0.05) is 17.4 Å². The molecule has 0 radical (unpaired) electrons. The molecule has 10 heteroatoms. The lowest BCUT2D eigenvalue weighted by Gasteiger charge is -2.28. The van der Waals surface area contributed by atoms with E-state index in [9.17, 15) is 13.9 Å². The van der Waals surface area contributed by atoms with Crippen molar-refractivity contribution in [2.45, 2.75) is 29.6 Å². The Hall–Kier alpha value is -3.11. The van der Waals surface area contributed by atoms with Crippen molar-refractivity contribution < 1.29 is 13.9 Å². The van der Waals surface area contributed by atoms with Gasteiger partial charge in [0.15, 0.2) is 0 Å². The maximum Gasteiger partial charge on any atom is 0.208 e. The first-order valence-corrected chi connectivity index (χ1v) is 10.1. The fourth-order valence-electron chi connectivity index (χ4n) is 3.08. The van der Waals surface area contributed by atoms with Crippen LogP contribution in [-0.2, 0) is 24.4 Å². The molecule has 0 fully saturated rings. The van der Waals surface area contributed by atoms with Crippen molar-refractivity contribution in [1.82, 2.24) is 29.5 Å². The van der Waals surface area contributed by atoms with E-state index in [0.29, 0.717) is 10.9 Å². The van der Waals surface area contributed by atoms with E-state index in [-0.39, 0.29) is 18.7 Å². The predicted octanol–water partition coefficient (Wildman–Crippen LogP) is 3.03. The molecule has 1 unspecified atom stereocenters. The third-order valence-electron chi connectivity index (χ3n) is 4.47. The number of aromatic nitrogens is 6. The van der Waals surface area contributed by atoms with Crippen LogP contribution in [0, 0.1) is 11.6 Å². The zero-order chi connectivity index (χ0) is 21.0. The number of rotatable bonds is 8. The van der Waals surface area contributed by atoms with Gasteiger partial charge >= 0.3 is 0 Å². The maximum atomic E-state index is 14.5. The molecule has 0 saturated heterocycles. The van der Waals surface area contributed by atoms with Crippen molar-refractivity contribution in [3.63, 3.8) is 0 Å². The Morgan fingerprint density at radius 3 is 2.53 bits per heavy atom. The highest BCUT2D eigenvalue weighted by Gasteiger charge is 2.34. The molecular formula is C20H18F2N6OS. The number of aliphatic hydroxyl groups is 1. The van der Waals surface area contributed by atoms with E-state index in [1.165, 1.54) is 46.2 Å². The predicted molar refractivity (Wildman–Crippen MR) is 106 cm³/mol. The highest BCUT2D eigenvalue weighted by Crippen LogP contribution is 2.29. The normalized spacial score (nSPS) is 13.3. The molecular weight excluding hydrogens is 410 g/mol. The number of benzene rings is 2. The lowest BCUT2D eigenvalue weighted by atomic mass is 9.93. The fourth-order valence-corrected chi connectivity index (χ4v) is 3.85. The van der Waals surface area contributed by atoms with Crippen LogP contribution in [0.15, 0.2) is 72.7 Å². The van der Waals surface area contributed by atoms with Crippen molar-refractivity contribution in [2.24, 2.45) is 0 Å². The zero-order valence-electron chi connectivity index (χ0n) is 15.8. The van der Waals surface area contributed by atoms with Crippen LogP contribution in [0.4, 0.5) is 8.78 Å². The van der Waals surface area contributed by atoms with E-state index in [2.05, 4.69) is 20.2 Å². The number of thioether (sulfide) groups is 1. The van der Waals surface area contributed by atoms with Crippen LogP contribution < -0.4 is 0 Å².